The molecule has 0 spiro atoms. The van der Waals surface area contributed by atoms with Crippen molar-refractivity contribution in [3.05, 3.63) is 0 Å². The largest absolute Gasteiger partial charge is 0.326 e. The molecule has 1 heterocycles. The molecule has 1 rings (SSSR count). The lowest BCUT2D eigenvalue weighted by atomic mass is 10.1. The van der Waals surface area contributed by atoms with Gasteiger partial charge in [0, 0.05) is 19.1 Å². The fourth-order valence-corrected chi connectivity index (χ4v) is 1.32. The standard InChI is InChI=1S/C7H13N3/c1-6-4-10(3-2-8)5-7(6)9/h6-7H,3-5,9H2,1H3. The van der Waals surface area contributed by atoms with E-state index >= 15 is 0 Å². The van der Waals surface area contributed by atoms with Gasteiger partial charge < -0.3 is 5.73 Å². The SMILES string of the molecule is CC1CN(CC#N)CC1N. The number of nitriles is 1. The Balaban J connectivity index is 2.35. The summed E-state index contributed by atoms with van der Waals surface area (Å²) in [6, 6.07) is 2.39. The zero-order chi connectivity index (χ0) is 7.56. The molecule has 0 aliphatic carbocycles. The van der Waals surface area contributed by atoms with Crippen LogP contribution in [0.2, 0.25) is 0 Å². The highest BCUT2D eigenvalue weighted by molar-refractivity contribution is 4.88. The second-order valence-electron chi connectivity index (χ2n) is 2.99. The normalized spacial score (nSPS) is 34.1. The van der Waals surface area contributed by atoms with Gasteiger partial charge >= 0.3 is 0 Å². The van der Waals surface area contributed by atoms with Crippen molar-refractivity contribution in [1.29, 1.82) is 5.26 Å². The van der Waals surface area contributed by atoms with Crippen LogP contribution < -0.4 is 5.73 Å². The second kappa shape index (κ2) is 3.00. The molecule has 0 aromatic heterocycles. The van der Waals surface area contributed by atoms with Crippen molar-refractivity contribution in [3.63, 3.8) is 0 Å². The summed E-state index contributed by atoms with van der Waals surface area (Å²) in [6.07, 6.45) is 0. The van der Waals surface area contributed by atoms with E-state index in [0.717, 1.165) is 13.1 Å². The topological polar surface area (TPSA) is 53.0 Å². The van der Waals surface area contributed by atoms with Gasteiger partial charge in [-0.3, -0.25) is 4.90 Å². The van der Waals surface area contributed by atoms with Crippen molar-refractivity contribution in [3.8, 4) is 6.07 Å². The van der Waals surface area contributed by atoms with Crippen molar-refractivity contribution in [2.45, 2.75) is 13.0 Å². The van der Waals surface area contributed by atoms with Crippen LogP contribution in [0.5, 0.6) is 0 Å². The molecule has 56 valence electrons. The molecule has 0 aromatic carbocycles. The Bertz CT molecular complexity index is 139. The summed E-state index contributed by atoms with van der Waals surface area (Å²) >= 11 is 0. The van der Waals surface area contributed by atoms with Crippen LogP contribution >= 0.6 is 0 Å². The van der Waals surface area contributed by atoms with Crippen LogP contribution in [0, 0.1) is 17.2 Å². The van der Waals surface area contributed by atoms with E-state index in [4.69, 9.17) is 11.0 Å². The maximum Gasteiger partial charge on any atom is 0.0866 e. The molecule has 1 aliphatic rings. The minimum absolute atomic E-state index is 0.272. The fourth-order valence-electron chi connectivity index (χ4n) is 1.32. The van der Waals surface area contributed by atoms with Crippen LogP contribution in [0.4, 0.5) is 0 Å². The molecule has 0 aromatic rings. The maximum absolute atomic E-state index is 8.37. The fraction of sp³-hybridized carbons (Fsp3) is 0.857. The first kappa shape index (κ1) is 7.52. The number of nitrogens with zero attached hydrogens (tertiary/aromatic N) is 2. The Morgan fingerprint density at radius 1 is 1.70 bits per heavy atom. The summed E-state index contributed by atoms with van der Waals surface area (Å²) in [5.41, 5.74) is 5.75. The average Bonchev–Trinajstić information content (AvgIpc) is 2.14. The molecule has 3 heteroatoms. The molecule has 2 atom stereocenters. The van der Waals surface area contributed by atoms with Crippen LogP contribution in [-0.4, -0.2) is 30.6 Å². The van der Waals surface area contributed by atoms with E-state index in [0.29, 0.717) is 12.5 Å². The highest BCUT2D eigenvalue weighted by Crippen LogP contribution is 2.12. The summed E-state index contributed by atoms with van der Waals surface area (Å²) in [5.74, 6) is 0.549. The maximum atomic E-state index is 8.37. The molecule has 1 saturated heterocycles. The molecule has 2 unspecified atom stereocenters. The van der Waals surface area contributed by atoms with Crippen LogP contribution in [0.15, 0.2) is 0 Å². The lowest BCUT2D eigenvalue weighted by molar-refractivity contribution is 0.366. The van der Waals surface area contributed by atoms with Gasteiger partial charge in [-0.05, 0) is 5.92 Å². The molecule has 3 nitrogen and oxygen atoms in total. The minimum atomic E-state index is 0.272. The number of likely N-dealkylation sites (tertiary alicyclic amines) is 1. The van der Waals surface area contributed by atoms with Gasteiger partial charge in [-0.1, -0.05) is 6.92 Å². The third kappa shape index (κ3) is 1.47. The molecule has 1 fully saturated rings. The smallest absolute Gasteiger partial charge is 0.0866 e. The number of hydrogen-bond donors (Lipinski definition) is 1. The molecule has 2 N–H and O–H groups in total. The lowest BCUT2D eigenvalue weighted by Gasteiger charge is -2.07. The summed E-state index contributed by atoms with van der Waals surface area (Å²) in [5, 5.41) is 8.37. The number of rotatable bonds is 1. The van der Waals surface area contributed by atoms with E-state index in [9.17, 15) is 0 Å². The van der Waals surface area contributed by atoms with Crippen molar-refractivity contribution in [1.82, 2.24) is 4.90 Å². The van der Waals surface area contributed by atoms with E-state index in [1.54, 1.807) is 0 Å². The van der Waals surface area contributed by atoms with Gasteiger partial charge in [0.2, 0.25) is 0 Å². The molecule has 0 amide bonds. The summed E-state index contributed by atoms with van der Waals surface area (Å²) in [7, 11) is 0. The van der Waals surface area contributed by atoms with Crippen LogP contribution in [-0.2, 0) is 0 Å². The van der Waals surface area contributed by atoms with Gasteiger partial charge in [0.05, 0.1) is 12.6 Å². The molecule has 0 bridgehead atoms. The van der Waals surface area contributed by atoms with Gasteiger partial charge in [0.1, 0.15) is 0 Å². The number of hydrogen-bond acceptors (Lipinski definition) is 3. The first-order valence-corrected chi connectivity index (χ1v) is 3.59. The van der Waals surface area contributed by atoms with E-state index in [-0.39, 0.29) is 6.04 Å². The van der Waals surface area contributed by atoms with Crippen molar-refractivity contribution in [2.75, 3.05) is 19.6 Å². The van der Waals surface area contributed by atoms with E-state index in [2.05, 4.69) is 17.9 Å². The molecule has 1 aliphatic heterocycles. The highest BCUT2D eigenvalue weighted by atomic mass is 15.2. The molecule has 10 heavy (non-hydrogen) atoms. The monoisotopic (exact) mass is 139 g/mol. The van der Waals surface area contributed by atoms with Crippen molar-refractivity contribution >= 4 is 0 Å². The van der Waals surface area contributed by atoms with E-state index < -0.39 is 0 Å². The second-order valence-corrected chi connectivity index (χ2v) is 2.99. The zero-order valence-corrected chi connectivity index (χ0v) is 6.25. The molecule has 0 radical (unpaired) electrons. The summed E-state index contributed by atoms with van der Waals surface area (Å²) in [6.45, 7) is 4.52. The average molecular weight is 139 g/mol. The Kier molecular flexibility index (Phi) is 2.25. The van der Waals surface area contributed by atoms with Gasteiger partial charge in [-0.25, -0.2) is 0 Å². The first-order valence-electron chi connectivity index (χ1n) is 3.59. The van der Waals surface area contributed by atoms with Gasteiger partial charge in [-0.15, -0.1) is 0 Å². The quantitative estimate of drug-likeness (QED) is 0.511. The highest BCUT2D eigenvalue weighted by Gasteiger charge is 2.25. The van der Waals surface area contributed by atoms with E-state index in [1.807, 2.05) is 0 Å². The van der Waals surface area contributed by atoms with Gasteiger partial charge in [0.15, 0.2) is 0 Å². The Hall–Kier alpha value is -0.590. The lowest BCUT2D eigenvalue weighted by Crippen LogP contribution is -2.28. The number of nitrogens with two attached hydrogens (primary N) is 1. The molecule has 0 saturated carbocycles. The molecular formula is C7H13N3. The van der Waals surface area contributed by atoms with Crippen molar-refractivity contribution < 1.29 is 0 Å². The summed E-state index contributed by atoms with van der Waals surface area (Å²) in [4.78, 5) is 2.09. The third-order valence-corrected chi connectivity index (χ3v) is 2.04. The van der Waals surface area contributed by atoms with Gasteiger partial charge in [0.25, 0.3) is 0 Å². The predicted molar refractivity (Wildman–Crippen MR) is 39.2 cm³/mol. The minimum Gasteiger partial charge on any atom is -0.326 e. The van der Waals surface area contributed by atoms with Crippen LogP contribution in [0.25, 0.3) is 0 Å². The van der Waals surface area contributed by atoms with E-state index in [1.165, 1.54) is 0 Å². The Morgan fingerprint density at radius 2 is 2.40 bits per heavy atom. The zero-order valence-electron chi connectivity index (χ0n) is 6.25. The van der Waals surface area contributed by atoms with Gasteiger partial charge in [-0.2, -0.15) is 5.26 Å². The molecular weight excluding hydrogens is 126 g/mol. The Morgan fingerprint density at radius 3 is 2.80 bits per heavy atom. The van der Waals surface area contributed by atoms with Crippen LogP contribution in [0.3, 0.4) is 0 Å². The first-order chi connectivity index (χ1) is 4.74. The predicted octanol–water partition coefficient (Wildman–Crippen LogP) is -0.211. The van der Waals surface area contributed by atoms with Crippen LogP contribution in [0.1, 0.15) is 6.92 Å². The summed E-state index contributed by atoms with van der Waals surface area (Å²) < 4.78 is 0. The Labute approximate surface area is 61.4 Å². The third-order valence-electron chi connectivity index (χ3n) is 2.04. The van der Waals surface area contributed by atoms with Crippen molar-refractivity contribution in [2.24, 2.45) is 11.7 Å².